The molecule has 2 heteroatoms. The molecule has 2 nitrogen and oxygen atoms in total. The molecule has 0 fully saturated rings. The van der Waals surface area contributed by atoms with Crippen LogP contribution in [0, 0.1) is 0 Å². The molecule has 1 aromatic heterocycles. The van der Waals surface area contributed by atoms with E-state index in [1.54, 1.807) is 0 Å². The van der Waals surface area contributed by atoms with Crippen molar-refractivity contribution in [3.8, 4) is 22.6 Å². The zero-order valence-corrected chi connectivity index (χ0v) is 15.4. The van der Waals surface area contributed by atoms with Crippen LogP contribution in [0.15, 0.2) is 91.5 Å². The molecule has 130 valence electrons. The zero-order chi connectivity index (χ0) is 18.4. The normalized spacial score (nSPS) is 11.8. The van der Waals surface area contributed by atoms with E-state index < -0.39 is 0 Å². The first-order valence-corrected chi connectivity index (χ1v) is 8.97. The van der Waals surface area contributed by atoms with Gasteiger partial charge in [-0.25, -0.2) is 4.98 Å². The lowest BCUT2D eigenvalue weighted by Gasteiger charge is -2.12. The molecule has 0 aliphatic rings. The second kappa shape index (κ2) is 8.30. The summed E-state index contributed by atoms with van der Waals surface area (Å²) >= 11 is 0. The maximum absolute atomic E-state index is 5.06. The van der Waals surface area contributed by atoms with E-state index in [4.69, 9.17) is 4.98 Å². The SMILES string of the molecule is C=C/C=C(\C=C/C)c1c(-c2ccccc2)nc(-c2ccccc2)n1CC. The number of allylic oxidation sites excluding steroid dienone is 5. The van der Waals surface area contributed by atoms with Crippen molar-refractivity contribution in [3.63, 3.8) is 0 Å². The molecule has 3 rings (SSSR count). The molecule has 0 atom stereocenters. The van der Waals surface area contributed by atoms with Crippen LogP contribution in [0.1, 0.15) is 19.5 Å². The van der Waals surface area contributed by atoms with Crippen molar-refractivity contribution in [2.24, 2.45) is 0 Å². The van der Waals surface area contributed by atoms with Crippen molar-refractivity contribution in [2.45, 2.75) is 20.4 Å². The lowest BCUT2D eigenvalue weighted by Crippen LogP contribution is -2.02. The van der Waals surface area contributed by atoms with Gasteiger partial charge < -0.3 is 4.57 Å². The van der Waals surface area contributed by atoms with E-state index in [0.717, 1.165) is 40.5 Å². The number of imidazole rings is 1. The van der Waals surface area contributed by atoms with Crippen molar-refractivity contribution < 1.29 is 0 Å². The highest BCUT2D eigenvalue weighted by molar-refractivity contribution is 5.85. The molecular weight excluding hydrogens is 316 g/mol. The molecule has 0 unspecified atom stereocenters. The standard InChI is InChI=1S/C24H24N2/c1-4-13-20(14-5-2)23-22(19-15-9-7-10-16-19)25-24(26(23)6-3)21-17-11-8-12-18-21/h4-5,7-18H,1,6H2,2-3H3/b14-5-,20-13+. The smallest absolute Gasteiger partial charge is 0.141 e. The second-order valence-electron chi connectivity index (χ2n) is 5.97. The molecule has 0 bridgehead atoms. The Morgan fingerprint density at radius 3 is 2.15 bits per heavy atom. The largest absolute Gasteiger partial charge is 0.324 e. The van der Waals surface area contributed by atoms with Gasteiger partial charge in [0.05, 0.1) is 11.4 Å². The molecule has 0 saturated heterocycles. The first-order valence-electron chi connectivity index (χ1n) is 8.97. The van der Waals surface area contributed by atoms with E-state index in [-0.39, 0.29) is 0 Å². The van der Waals surface area contributed by atoms with Crippen LogP contribution < -0.4 is 0 Å². The second-order valence-corrected chi connectivity index (χ2v) is 5.97. The van der Waals surface area contributed by atoms with E-state index in [0.29, 0.717) is 0 Å². The van der Waals surface area contributed by atoms with Gasteiger partial charge in [0, 0.05) is 23.2 Å². The third-order valence-electron chi connectivity index (χ3n) is 4.28. The Morgan fingerprint density at radius 1 is 1.00 bits per heavy atom. The van der Waals surface area contributed by atoms with Crippen LogP contribution in [0.5, 0.6) is 0 Å². The van der Waals surface area contributed by atoms with Crippen molar-refractivity contribution in [3.05, 3.63) is 97.2 Å². The summed E-state index contributed by atoms with van der Waals surface area (Å²) in [7, 11) is 0. The third-order valence-corrected chi connectivity index (χ3v) is 4.28. The van der Waals surface area contributed by atoms with Gasteiger partial charge in [0.25, 0.3) is 0 Å². The van der Waals surface area contributed by atoms with E-state index in [9.17, 15) is 0 Å². The maximum Gasteiger partial charge on any atom is 0.141 e. The molecule has 2 aromatic carbocycles. The molecular formula is C24H24N2. The molecule has 0 spiro atoms. The molecule has 0 aliphatic carbocycles. The van der Waals surface area contributed by atoms with E-state index in [1.165, 1.54) is 0 Å². The maximum atomic E-state index is 5.06. The van der Waals surface area contributed by atoms with Crippen LogP contribution in [0.4, 0.5) is 0 Å². The molecule has 26 heavy (non-hydrogen) atoms. The molecule has 0 aliphatic heterocycles. The number of nitrogens with zero attached hydrogens (tertiary/aromatic N) is 2. The summed E-state index contributed by atoms with van der Waals surface area (Å²) in [6.07, 6.45) is 8.05. The summed E-state index contributed by atoms with van der Waals surface area (Å²) in [6, 6.07) is 20.7. The number of hydrogen-bond acceptors (Lipinski definition) is 1. The molecule has 1 heterocycles. The minimum absolute atomic E-state index is 0.839. The fourth-order valence-corrected chi connectivity index (χ4v) is 3.18. The summed E-state index contributed by atoms with van der Waals surface area (Å²) < 4.78 is 2.28. The highest BCUT2D eigenvalue weighted by Crippen LogP contribution is 2.34. The van der Waals surface area contributed by atoms with Crippen LogP contribution >= 0.6 is 0 Å². The number of rotatable bonds is 6. The first-order chi connectivity index (χ1) is 12.8. The Balaban J connectivity index is 2.34. The Bertz CT molecular complexity index is 929. The minimum atomic E-state index is 0.839. The van der Waals surface area contributed by atoms with E-state index in [2.05, 4.69) is 78.8 Å². The summed E-state index contributed by atoms with van der Waals surface area (Å²) in [5, 5.41) is 0. The van der Waals surface area contributed by atoms with Gasteiger partial charge in [-0.1, -0.05) is 91.5 Å². The van der Waals surface area contributed by atoms with E-state index in [1.807, 2.05) is 31.2 Å². The minimum Gasteiger partial charge on any atom is -0.324 e. The Morgan fingerprint density at radius 2 is 1.62 bits per heavy atom. The van der Waals surface area contributed by atoms with Crippen LogP contribution in [0.25, 0.3) is 28.2 Å². The highest BCUT2D eigenvalue weighted by Gasteiger charge is 2.20. The Kier molecular flexibility index (Phi) is 5.65. The van der Waals surface area contributed by atoms with Crippen LogP contribution in [0.3, 0.4) is 0 Å². The quantitative estimate of drug-likeness (QED) is 0.476. The average Bonchev–Trinajstić information content (AvgIpc) is 3.08. The lowest BCUT2D eigenvalue weighted by molar-refractivity contribution is 0.761. The van der Waals surface area contributed by atoms with Crippen molar-refractivity contribution in [1.29, 1.82) is 0 Å². The fourth-order valence-electron chi connectivity index (χ4n) is 3.18. The van der Waals surface area contributed by atoms with Gasteiger partial charge in [-0.15, -0.1) is 0 Å². The van der Waals surface area contributed by atoms with Crippen molar-refractivity contribution in [1.82, 2.24) is 9.55 Å². The number of aromatic nitrogens is 2. The molecule has 0 radical (unpaired) electrons. The summed E-state index contributed by atoms with van der Waals surface area (Å²) in [5.41, 5.74) is 5.47. The summed E-state index contributed by atoms with van der Waals surface area (Å²) in [4.78, 5) is 5.06. The number of hydrogen-bond donors (Lipinski definition) is 0. The van der Waals surface area contributed by atoms with Gasteiger partial charge in [-0.2, -0.15) is 0 Å². The zero-order valence-electron chi connectivity index (χ0n) is 15.4. The Hall–Kier alpha value is -3.13. The Labute approximate surface area is 155 Å². The van der Waals surface area contributed by atoms with Gasteiger partial charge in [0.1, 0.15) is 5.82 Å². The highest BCUT2D eigenvalue weighted by atomic mass is 15.1. The average molecular weight is 340 g/mol. The van der Waals surface area contributed by atoms with E-state index >= 15 is 0 Å². The van der Waals surface area contributed by atoms with Crippen molar-refractivity contribution in [2.75, 3.05) is 0 Å². The molecule has 3 aromatic rings. The van der Waals surface area contributed by atoms with Crippen LogP contribution in [-0.4, -0.2) is 9.55 Å². The van der Waals surface area contributed by atoms with Crippen LogP contribution in [-0.2, 0) is 6.54 Å². The summed E-state index contributed by atoms with van der Waals surface area (Å²) in [6.45, 7) is 8.92. The third kappa shape index (κ3) is 3.45. The predicted molar refractivity (Wildman–Crippen MR) is 112 cm³/mol. The van der Waals surface area contributed by atoms with Crippen LogP contribution in [0.2, 0.25) is 0 Å². The van der Waals surface area contributed by atoms with Crippen molar-refractivity contribution >= 4 is 5.57 Å². The van der Waals surface area contributed by atoms with Gasteiger partial charge in [-0.05, 0) is 13.8 Å². The molecule has 0 saturated carbocycles. The molecule has 0 N–H and O–H groups in total. The number of benzene rings is 2. The van der Waals surface area contributed by atoms with Gasteiger partial charge >= 0.3 is 0 Å². The van der Waals surface area contributed by atoms with Gasteiger partial charge in [0.15, 0.2) is 0 Å². The first kappa shape index (κ1) is 17.7. The van der Waals surface area contributed by atoms with Gasteiger partial charge in [0.2, 0.25) is 0 Å². The molecule has 0 amide bonds. The summed E-state index contributed by atoms with van der Waals surface area (Å²) in [5.74, 6) is 0.987. The van der Waals surface area contributed by atoms with Gasteiger partial charge in [-0.3, -0.25) is 0 Å². The predicted octanol–water partition coefficient (Wildman–Crippen LogP) is 6.38. The lowest BCUT2D eigenvalue weighted by atomic mass is 10.0. The topological polar surface area (TPSA) is 17.8 Å². The monoisotopic (exact) mass is 340 g/mol. The fraction of sp³-hybridized carbons (Fsp3) is 0.125.